The number of alkyl halides is 1. The molecular formula is C15H21ClN2O. The molecule has 1 aliphatic rings. The Morgan fingerprint density at radius 2 is 2.16 bits per heavy atom. The highest BCUT2D eigenvalue weighted by Gasteiger charge is 2.35. The molecule has 104 valence electrons. The minimum absolute atomic E-state index is 0.0635. The van der Waals surface area contributed by atoms with Crippen molar-refractivity contribution in [3.63, 3.8) is 0 Å². The van der Waals surface area contributed by atoms with E-state index < -0.39 is 0 Å². The van der Waals surface area contributed by atoms with E-state index in [0.717, 1.165) is 37.2 Å². The van der Waals surface area contributed by atoms with Crippen molar-refractivity contribution in [1.29, 1.82) is 0 Å². The second-order valence-corrected chi connectivity index (χ2v) is 6.07. The van der Waals surface area contributed by atoms with E-state index in [1.54, 1.807) is 12.4 Å². The molecule has 0 aliphatic heterocycles. The third kappa shape index (κ3) is 3.47. The molecule has 0 radical (unpaired) electrons. The normalized spacial score (nSPS) is 27.0. The maximum atomic E-state index is 12.3. The van der Waals surface area contributed by atoms with Crippen molar-refractivity contribution in [3.05, 3.63) is 29.6 Å². The van der Waals surface area contributed by atoms with Gasteiger partial charge in [-0.2, -0.15) is 0 Å². The highest BCUT2D eigenvalue weighted by Crippen LogP contribution is 2.33. The van der Waals surface area contributed by atoms with Crippen molar-refractivity contribution >= 4 is 17.5 Å². The van der Waals surface area contributed by atoms with Gasteiger partial charge in [0, 0.05) is 18.3 Å². The number of nitrogens with one attached hydrogen (secondary N) is 1. The average Bonchev–Trinajstić information content (AvgIpc) is 2.42. The zero-order valence-electron chi connectivity index (χ0n) is 11.6. The van der Waals surface area contributed by atoms with Crippen molar-refractivity contribution in [2.45, 2.75) is 45.1 Å². The summed E-state index contributed by atoms with van der Waals surface area (Å²) in [6.07, 6.45) is 7.52. The first-order valence-corrected chi connectivity index (χ1v) is 7.38. The van der Waals surface area contributed by atoms with Crippen LogP contribution in [0.25, 0.3) is 0 Å². The summed E-state index contributed by atoms with van der Waals surface area (Å²) in [6, 6.07) is 1.86. The fourth-order valence-electron chi connectivity index (χ4n) is 2.60. The van der Waals surface area contributed by atoms with Crippen LogP contribution in [0, 0.1) is 12.8 Å². The van der Waals surface area contributed by atoms with E-state index in [-0.39, 0.29) is 11.4 Å². The summed E-state index contributed by atoms with van der Waals surface area (Å²) in [4.78, 5) is 16.4. The van der Waals surface area contributed by atoms with Crippen LogP contribution in [0.1, 0.15) is 48.5 Å². The quantitative estimate of drug-likeness (QED) is 0.863. The van der Waals surface area contributed by atoms with E-state index in [1.165, 1.54) is 0 Å². The van der Waals surface area contributed by atoms with E-state index in [0.29, 0.717) is 11.4 Å². The van der Waals surface area contributed by atoms with Crippen LogP contribution in [0.2, 0.25) is 0 Å². The molecule has 1 saturated carbocycles. The summed E-state index contributed by atoms with van der Waals surface area (Å²) >= 11 is 6.12. The number of amides is 1. The Bertz CT molecular complexity index is 453. The van der Waals surface area contributed by atoms with E-state index in [2.05, 4.69) is 17.2 Å². The van der Waals surface area contributed by atoms with E-state index >= 15 is 0 Å². The first-order valence-electron chi connectivity index (χ1n) is 6.85. The molecule has 4 heteroatoms. The predicted octanol–water partition coefficient (Wildman–Crippen LogP) is 3.31. The Morgan fingerprint density at radius 3 is 2.74 bits per heavy atom. The van der Waals surface area contributed by atoms with E-state index in [9.17, 15) is 4.79 Å². The van der Waals surface area contributed by atoms with Crippen molar-refractivity contribution in [2.24, 2.45) is 5.92 Å². The summed E-state index contributed by atoms with van der Waals surface area (Å²) in [5.41, 5.74) is 1.36. The van der Waals surface area contributed by atoms with Crippen molar-refractivity contribution in [3.8, 4) is 0 Å². The monoisotopic (exact) mass is 280 g/mol. The Kier molecular flexibility index (Phi) is 4.46. The van der Waals surface area contributed by atoms with Gasteiger partial charge in [-0.1, -0.05) is 6.92 Å². The van der Waals surface area contributed by atoms with Gasteiger partial charge in [0.25, 0.3) is 5.91 Å². The fraction of sp³-hybridized carbons (Fsp3) is 0.600. The molecule has 1 heterocycles. The van der Waals surface area contributed by atoms with E-state index in [4.69, 9.17) is 11.6 Å². The van der Waals surface area contributed by atoms with Gasteiger partial charge in [-0.3, -0.25) is 9.78 Å². The van der Waals surface area contributed by atoms with Gasteiger partial charge in [0.1, 0.15) is 0 Å². The van der Waals surface area contributed by atoms with Crippen LogP contribution in [0.3, 0.4) is 0 Å². The molecule has 0 unspecified atom stereocenters. The summed E-state index contributed by atoms with van der Waals surface area (Å²) in [5.74, 6) is 1.14. The van der Waals surface area contributed by atoms with Crippen molar-refractivity contribution < 1.29 is 4.79 Å². The van der Waals surface area contributed by atoms with Gasteiger partial charge < -0.3 is 5.32 Å². The molecule has 0 bridgehead atoms. The van der Waals surface area contributed by atoms with Crippen LogP contribution in [-0.2, 0) is 0 Å². The van der Waals surface area contributed by atoms with Gasteiger partial charge in [0.2, 0.25) is 0 Å². The lowest BCUT2D eigenvalue weighted by Gasteiger charge is -2.38. The Morgan fingerprint density at radius 1 is 1.47 bits per heavy atom. The number of nitrogens with zero attached hydrogens (tertiary/aromatic N) is 1. The number of halogens is 1. The topological polar surface area (TPSA) is 42.0 Å². The molecule has 3 nitrogen and oxygen atoms in total. The van der Waals surface area contributed by atoms with Crippen molar-refractivity contribution in [1.82, 2.24) is 10.3 Å². The highest BCUT2D eigenvalue weighted by atomic mass is 35.5. The van der Waals surface area contributed by atoms with Gasteiger partial charge in [-0.25, -0.2) is 0 Å². The van der Waals surface area contributed by atoms with Crippen LogP contribution >= 0.6 is 11.6 Å². The number of hydrogen-bond acceptors (Lipinski definition) is 2. The molecule has 1 aromatic rings. The number of rotatable bonds is 3. The number of carbonyl (C=O) groups excluding carboxylic acids is 1. The third-order valence-electron chi connectivity index (χ3n) is 4.00. The number of pyridine rings is 1. The number of carbonyl (C=O) groups is 1. The lowest BCUT2D eigenvalue weighted by atomic mass is 9.78. The molecule has 1 aromatic heterocycles. The Balaban J connectivity index is 2.08. The second-order valence-electron chi connectivity index (χ2n) is 5.80. The third-order valence-corrected chi connectivity index (χ3v) is 4.51. The first-order chi connectivity index (χ1) is 9.04. The zero-order chi connectivity index (χ0) is 13.9. The Hall–Kier alpha value is -1.09. The van der Waals surface area contributed by atoms with Gasteiger partial charge in [0.05, 0.1) is 11.1 Å². The summed E-state index contributed by atoms with van der Waals surface area (Å²) in [5, 5.41) is 3.14. The molecule has 0 atom stereocenters. The van der Waals surface area contributed by atoms with Crippen LogP contribution in [-0.4, -0.2) is 22.3 Å². The second kappa shape index (κ2) is 5.91. The van der Waals surface area contributed by atoms with Crippen LogP contribution in [0.5, 0.6) is 0 Å². The molecule has 1 fully saturated rings. The largest absolute Gasteiger partial charge is 0.345 e. The molecule has 0 spiro atoms. The number of aromatic nitrogens is 1. The molecule has 1 aliphatic carbocycles. The van der Waals surface area contributed by atoms with Crippen molar-refractivity contribution in [2.75, 3.05) is 5.88 Å². The highest BCUT2D eigenvalue weighted by molar-refractivity contribution is 6.19. The molecule has 19 heavy (non-hydrogen) atoms. The van der Waals surface area contributed by atoms with Gasteiger partial charge in [0.15, 0.2) is 0 Å². The lowest BCUT2D eigenvalue weighted by molar-refractivity contribution is 0.0872. The molecular weight excluding hydrogens is 260 g/mol. The molecule has 1 N–H and O–H groups in total. The van der Waals surface area contributed by atoms with Gasteiger partial charge >= 0.3 is 0 Å². The fourth-order valence-corrected chi connectivity index (χ4v) is 2.93. The van der Waals surface area contributed by atoms with Crippen LogP contribution < -0.4 is 5.32 Å². The average molecular weight is 281 g/mol. The maximum absolute atomic E-state index is 12.3. The number of hydrogen-bond donors (Lipinski definition) is 1. The first kappa shape index (κ1) is 14.3. The summed E-state index contributed by atoms with van der Waals surface area (Å²) < 4.78 is 0. The van der Waals surface area contributed by atoms with Gasteiger partial charge in [-0.15, -0.1) is 11.6 Å². The SMILES string of the molecule is Cc1cncc(C(=O)NC2(CCl)CCC(C)CC2)c1. The Labute approximate surface area is 119 Å². The summed E-state index contributed by atoms with van der Waals surface area (Å²) in [7, 11) is 0. The summed E-state index contributed by atoms with van der Waals surface area (Å²) in [6.45, 7) is 4.19. The van der Waals surface area contributed by atoms with Crippen LogP contribution in [0.15, 0.2) is 18.5 Å². The minimum Gasteiger partial charge on any atom is -0.345 e. The number of aryl methyl sites for hydroxylation is 1. The van der Waals surface area contributed by atoms with E-state index in [1.807, 2.05) is 13.0 Å². The molecule has 1 amide bonds. The molecule has 0 aromatic carbocycles. The molecule has 0 saturated heterocycles. The predicted molar refractivity (Wildman–Crippen MR) is 77.5 cm³/mol. The smallest absolute Gasteiger partial charge is 0.253 e. The minimum atomic E-state index is -0.241. The van der Waals surface area contributed by atoms with Crippen LogP contribution in [0.4, 0.5) is 0 Å². The maximum Gasteiger partial charge on any atom is 0.253 e. The molecule has 2 rings (SSSR count). The van der Waals surface area contributed by atoms with Gasteiger partial charge in [-0.05, 0) is 50.2 Å². The zero-order valence-corrected chi connectivity index (χ0v) is 12.3. The lowest BCUT2D eigenvalue weighted by Crippen LogP contribution is -2.52. The standard InChI is InChI=1S/C15H21ClN2O/c1-11-3-5-15(10-16,6-4-11)18-14(19)13-7-12(2)8-17-9-13/h7-9,11H,3-6,10H2,1-2H3,(H,18,19).